The average Bonchev–Trinajstić information content (AvgIpc) is 3.12. The van der Waals surface area contributed by atoms with Crippen LogP contribution in [0.4, 0.5) is 4.39 Å². The van der Waals surface area contributed by atoms with E-state index in [0.717, 1.165) is 12.5 Å². The summed E-state index contributed by atoms with van der Waals surface area (Å²) in [6, 6.07) is 5.64. The molecular weight excluding hydrogens is 217 g/mol. The zero-order chi connectivity index (χ0) is 12.4. The highest BCUT2D eigenvalue weighted by molar-refractivity contribution is 5.99. The number of carbonyl (C=O) groups excluding carboxylic acids is 1. The highest BCUT2D eigenvalue weighted by atomic mass is 19.1. The Kier molecular flexibility index (Phi) is 3.57. The standard InChI is InChI=1S/C14H18FNO/c1-10(16(2)9-11-3-4-11)14(17)12-5-7-13(15)8-6-12/h5-8,10-11H,3-4,9H2,1-2H3. The summed E-state index contributed by atoms with van der Waals surface area (Å²) in [5.74, 6) is 0.525. The second-order valence-electron chi connectivity index (χ2n) is 4.93. The van der Waals surface area contributed by atoms with Crippen molar-refractivity contribution in [3.8, 4) is 0 Å². The van der Waals surface area contributed by atoms with E-state index in [0.29, 0.717) is 5.56 Å². The van der Waals surface area contributed by atoms with Crippen molar-refractivity contribution in [2.45, 2.75) is 25.8 Å². The van der Waals surface area contributed by atoms with Crippen LogP contribution in [-0.4, -0.2) is 30.3 Å². The summed E-state index contributed by atoms with van der Waals surface area (Å²) in [6.07, 6.45) is 2.56. The third-order valence-electron chi connectivity index (χ3n) is 3.41. The fraction of sp³-hybridized carbons (Fsp3) is 0.500. The molecule has 0 aromatic heterocycles. The molecule has 1 aliphatic rings. The molecule has 1 saturated carbocycles. The number of nitrogens with zero attached hydrogens (tertiary/aromatic N) is 1. The summed E-state index contributed by atoms with van der Waals surface area (Å²) in [4.78, 5) is 14.2. The van der Waals surface area contributed by atoms with Crippen LogP contribution >= 0.6 is 0 Å². The average molecular weight is 235 g/mol. The van der Waals surface area contributed by atoms with E-state index in [-0.39, 0.29) is 17.6 Å². The van der Waals surface area contributed by atoms with Gasteiger partial charge in [0.25, 0.3) is 0 Å². The van der Waals surface area contributed by atoms with E-state index in [4.69, 9.17) is 0 Å². The maximum atomic E-state index is 12.8. The van der Waals surface area contributed by atoms with Gasteiger partial charge in [-0.25, -0.2) is 4.39 Å². The molecule has 0 N–H and O–H groups in total. The predicted octanol–water partition coefficient (Wildman–Crippen LogP) is 2.74. The maximum absolute atomic E-state index is 12.8. The molecule has 1 aliphatic carbocycles. The van der Waals surface area contributed by atoms with E-state index in [1.807, 2.05) is 14.0 Å². The van der Waals surface area contributed by atoms with Crippen molar-refractivity contribution in [2.24, 2.45) is 5.92 Å². The third-order valence-corrected chi connectivity index (χ3v) is 3.41. The molecule has 17 heavy (non-hydrogen) atoms. The summed E-state index contributed by atoms with van der Waals surface area (Å²) < 4.78 is 12.8. The lowest BCUT2D eigenvalue weighted by molar-refractivity contribution is 0.0864. The van der Waals surface area contributed by atoms with Crippen LogP contribution in [0.3, 0.4) is 0 Å². The van der Waals surface area contributed by atoms with Crippen molar-refractivity contribution in [3.05, 3.63) is 35.6 Å². The Bertz CT molecular complexity index is 397. The summed E-state index contributed by atoms with van der Waals surface area (Å²) >= 11 is 0. The van der Waals surface area contributed by atoms with Crippen molar-refractivity contribution >= 4 is 5.78 Å². The number of Topliss-reactive ketones (excluding diaryl/α,β-unsaturated/α-hetero) is 1. The minimum absolute atomic E-state index is 0.0631. The Hall–Kier alpha value is -1.22. The SMILES string of the molecule is CC(C(=O)c1ccc(F)cc1)N(C)CC1CC1. The molecule has 1 unspecified atom stereocenters. The zero-order valence-corrected chi connectivity index (χ0v) is 10.3. The van der Waals surface area contributed by atoms with Gasteiger partial charge in [-0.15, -0.1) is 0 Å². The Balaban J connectivity index is 1.99. The first-order valence-corrected chi connectivity index (χ1v) is 6.08. The number of rotatable bonds is 5. The van der Waals surface area contributed by atoms with Gasteiger partial charge in [0.1, 0.15) is 5.82 Å². The van der Waals surface area contributed by atoms with Gasteiger partial charge in [0.2, 0.25) is 0 Å². The molecule has 92 valence electrons. The van der Waals surface area contributed by atoms with Crippen molar-refractivity contribution < 1.29 is 9.18 Å². The molecule has 0 heterocycles. The molecule has 0 bridgehead atoms. The van der Waals surface area contributed by atoms with Crippen molar-refractivity contribution in [1.29, 1.82) is 0 Å². The van der Waals surface area contributed by atoms with E-state index >= 15 is 0 Å². The predicted molar refractivity (Wildman–Crippen MR) is 65.5 cm³/mol. The van der Waals surface area contributed by atoms with Gasteiger partial charge in [-0.3, -0.25) is 9.69 Å². The molecule has 0 amide bonds. The molecule has 1 aromatic rings. The summed E-state index contributed by atoms with van der Waals surface area (Å²) in [5, 5.41) is 0. The van der Waals surface area contributed by atoms with Crippen LogP contribution < -0.4 is 0 Å². The number of hydrogen-bond donors (Lipinski definition) is 0. The van der Waals surface area contributed by atoms with E-state index < -0.39 is 0 Å². The first-order valence-electron chi connectivity index (χ1n) is 6.08. The van der Waals surface area contributed by atoms with E-state index in [1.54, 1.807) is 12.1 Å². The zero-order valence-electron chi connectivity index (χ0n) is 10.3. The van der Waals surface area contributed by atoms with Crippen molar-refractivity contribution in [3.63, 3.8) is 0 Å². The third kappa shape index (κ3) is 3.13. The smallest absolute Gasteiger partial charge is 0.179 e. The molecule has 0 spiro atoms. The number of carbonyl (C=O) groups is 1. The second kappa shape index (κ2) is 4.96. The molecule has 1 atom stereocenters. The first kappa shape index (κ1) is 12.2. The molecule has 2 nitrogen and oxygen atoms in total. The minimum Gasteiger partial charge on any atom is -0.296 e. The van der Waals surface area contributed by atoms with E-state index in [9.17, 15) is 9.18 Å². The molecule has 3 heteroatoms. The quantitative estimate of drug-likeness (QED) is 0.731. The molecular formula is C14H18FNO. The lowest BCUT2D eigenvalue weighted by atomic mass is 10.0. The monoisotopic (exact) mass is 235 g/mol. The number of benzene rings is 1. The van der Waals surface area contributed by atoms with E-state index in [2.05, 4.69) is 4.90 Å². The highest BCUT2D eigenvalue weighted by Crippen LogP contribution is 2.30. The summed E-state index contributed by atoms with van der Waals surface area (Å²) in [5.41, 5.74) is 0.585. The Morgan fingerprint density at radius 2 is 2.00 bits per heavy atom. The number of halogens is 1. The van der Waals surface area contributed by atoms with E-state index in [1.165, 1.54) is 25.0 Å². The van der Waals surface area contributed by atoms with Crippen molar-refractivity contribution in [2.75, 3.05) is 13.6 Å². The Morgan fingerprint density at radius 3 is 2.53 bits per heavy atom. The van der Waals surface area contributed by atoms with Gasteiger partial charge in [-0.1, -0.05) is 0 Å². The van der Waals surface area contributed by atoms with Crippen molar-refractivity contribution in [1.82, 2.24) is 4.90 Å². The Labute approximate surface area is 101 Å². The van der Waals surface area contributed by atoms with Crippen LogP contribution in [-0.2, 0) is 0 Å². The van der Waals surface area contributed by atoms with Crippen LogP contribution in [0, 0.1) is 11.7 Å². The normalized spacial score (nSPS) is 17.2. The van der Waals surface area contributed by atoms with Gasteiger partial charge in [0.15, 0.2) is 5.78 Å². The highest BCUT2D eigenvalue weighted by Gasteiger charge is 2.27. The molecule has 2 rings (SSSR count). The fourth-order valence-corrected chi connectivity index (χ4v) is 1.92. The summed E-state index contributed by atoms with van der Waals surface area (Å²) in [7, 11) is 1.98. The number of hydrogen-bond acceptors (Lipinski definition) is 2. The molecule has 0 aliphatic heterocycles. The van der Waals surface area contributed by atoms with Crippen LogP contribution in [0.5, 0.6) is 0 Å². The topological polar surface area (TPSA) is 20.3 Å². The maximum Gasteiger partial charge on any atom is 0.179 e. The first-order chi connectivity index (χ1) is 8.08. The largest absolute Gasteiger partial charge is 0.296 e. The van der Waals surface area contributed by atoms with Crippen LogP contribution in [0.2, 0.25) is 0 Å². The lowest BCUT2D eigenvalue weighted by Crippen LogP contribution is -2.37. The summed E-state index contributed by atoms with van der Waals surface area (Å²) in [6.45, 7) is 2.89. The van der Waals surface area contributed by atoms with Gasteiger partial charge < -0.3 is 0 Å². The van der Waals surface area contributed by atoms with Gasteiger partial charge in [0, 0.05) is 12.1 Å². The molecule has 1 aromatic carbocycles. The van der Waals surface area contributed by atoms with Gasteiger partial charge in [-0.2, -0.15) is 0 Å². The van der Waals surface area contributed by atoms with Crippen LogP contribution in [0.15, 0.2) is 24.3 Å². The van der Waals surface area contributed by atoms with Gasteiger partial charge in [0.05, 0.1) is 6.04 Å². The number of ketones is 1. The lowest BCUT2D eigenvalue weighted by Gasteiger charge is -2.23. The fourth-order valence-electron chi connectivity index (χ4n) is 1.92. The number of likely N-dealkylation sites (N-methyl/N-ethyl adjacent to an activating group) is 1. The minimum atomic E-state index is -0.305. The van der Waals surface area contributed by atoms with Gasteiger partial charge >= 0.3 is 0 Å². The van der Waals surface area contributed by atoms with Crippen LogP contribution in [0.1, 0.15) is 30.1 Å². The second-order valence-corrected chi connectivity index (χ2v) is 4.93. The molecule has 1 fully saturated rings. The Morgan fingerprint density at radius 1 is 1.41 bits per heavy atom. The molecule has 0 saturated heterocycles. The van der Waals surface area contributed by atoms with Gasteiger partial charge in [-0.05, 0) is 57.0 Å². The van der Waals surface area contributed by atoms with Crippen LogP contribution in [0.25, 0.3) is 0 Å². The molecule has 0 radical (unpaired) electrons.